The van der Waals surface area contributed by atoms with Crippen LogP contribution < -0.4 is 10.1 Å². The first-order chi connectivity index (χ1) is 15.7. The number of rotatable bonds is 6. The molecule has 0 aliphatic carbocycles. The third-order valence-electron chi connectivity index (χ3n) is 6.26. The van der Waals surface area contributed by atoms with E-state index in [1.165, 1.54) is 16.5 Å². The lowest BCUT2D eigenvalue weighted by Gasteiger charge is -2.31. The van der Waals surface area contributed by atoms with Crippen molar-refractivity contribution in [2.24, 2.45) is 7.05 Å². The summed E-state index contributed by atoms with van der Waals surface area (Å²) < 4.78 is 7.58. The molecule has 3 aromatic heterocycles. The largest absolute Gasteiger partial charge is 0.497 e. The van der Waals surface area contributed by atoms with Gasteiger partial charge in [-0.25, -0.2) is 15.0 Å². The van der Waals surface area contributed by atoms with Crippen molar-refractivity contribution in [3.63, 3.8) is 0 Å². The Hall–Kier alpha value is -3.45. The first-order valence-corrected chi connectivity index (χ1v) is 11.0. The molecule has 0 bridgehead atoms. The average Bonchev–Trinajstić information content (AvgIpc) is 3.14. The van der Waals surface area contributed by atoms with Gasteiger partial charge in [0.25, 0.3) is 0 Å². The van der Waals surface area contributed by atoms with Crippen LogP contribution in [-0.4, -0.2) is 44.6 Å². The molecule has 1 aliphatic rings. The van der Waals surface area contributed by atoms with Crippen molar-refractivity contribution < 1.29 is 4.74 Å². The van der Waals surface area contributed by atoms with Gasteiger partial charge in [0.1, 0.15) is 11.6 Å². The van der Waals surface area contributed by atoms with E-state index in [9.17, 15) is 0 Å². The molecule has 0 radical (unpaired) electrons. The van der Waals surface area contributed by atoms with Crippen LogP contribution in [0, 0.1) is 0 Å². The SMILES string of the molecule is COc1ccc2c(CN3CCC(c4cccc(Nc5ncccn5)n4)CC3)cn(C)c2c1. The smallest absolute Gasteiger partial charge is 0.228 e. The summed E-state index contributed by atoms with van der Waals surface area (Å²) in [6.07, 6.45) is 7.91. The molecule has 0 amide bonds. The number of hydrogen-bond donors (Lipinski definition) is 1. The van der Waals surface area contributed by atoms with Gasteiger partial charge in [0.15, 0.2) is 0 Å². The molecule has 0 unspecified atom stereocenters. The van der Waals surface area contributed by atoms with Crippen molar-refractivity contribution in [3.05, 3.63) is 72.3 Å². The van der Waals surface area contributed by atoms with Crippen molar-refractivity contribution in [1.82, 2.24) is 24.4 Å². The van der Waals surface area contributed by atoms with E-state index in [1.807, 2.05) is 12.1 Å². The van der Waals surface area contributed by atoms with Crippen molar-refractivity contribution in [2.75, 3.05) is 25.5 Å². The van der Waals surface area contributed by atoms with Crippen LogP contribution >= 0.6 is 0 Å². The molecule has 7 nitrogen and oxygen atoms in total. The molecule has 1 N–H and O–H groups in total. The summed E-state index contributed by atoms with van der Waals surface area (Å²) in [5.74, 6) is 2.73. The van der Waals surface area contributed by atoms with E-state index in [4.69, 9.17) is 9.72 Å². The zero-order valence-corrected chi connectivity index (χ0v) is 18.5. The number of anilines is 2. The van der Waals surface area contributed by atoms with Crippen LogP contribution in [0.2, 0.25) is 0 Å². The number of aromatic nitrogens is 4. The Kier molecular flexibility index (Phi) is 5.73. The average molecular weight is 429 g/mol. The number of methoxy groups -OCH3 is 1. The van der Waals surface area contributed by atoms with E-state index < -0.39 is 0 Å². The van der Waals surface area contributed by atoms with Gasteiger partial charge >= 0.3 is 0 Å². The van der Waals surface area contributed by atoms with Gasteiger partial charge < -0.3 is 14.6 Å². The summed E-state index contributed by atoms with van der Waals surface area (Å²) >= 11 is 0. The van der Waals surface area contributed by atoms with Crippen molar-refractivity contribution in [2.45, 2.75) is 25.3 Å². The van der Waals surface area contributed by atoms with Crippen LogP contribution in [0.3, 0.4) is 0 Å². The summed E-state index contributed by atoms with van der Waals surface area (Å²) in [7, 11) is 3.82. The lowest BCUT2D eigenvalue weighted by atomic mass is 9.92. The number of nitrogens with one attached hydrogen (secondary N) is 1. The van der Waals surface area contributed by atoms with Crippen molar-refractivity contribution in [1.29, 1.82) is 0 Å². The fraction of sp³-hybridized carbons (Fsp3) is 0.320. The maximum Gasteiger partial charge on any atom is 0.228 e. The van der Waals surface area contributed by atoms with Gasteiger partial charge in [-0.05, 0) is 61.8 Å². The molecular weight excluding hydrogens is 400 g/mol. The quantitative estimate of drug-likeness (QED) is 0.488. The van der Waals surface area contributed by atoms with E-state index >= 15 is 0 Å². The Bertz CT molecular complexity index is 1200. The van der Waals surface area contributed by atoms with Crippen LogP contribution in [0.5, 0.6) is 5.75 Å². The third kappa shape index (κ3) is 4.29. The Balaban J connectivity index is 1.23. The number of aryl methyl sites for hydroxylation is 1. The Morgan fingerprint density at radius 3 is 2.66 bits per heavy atom. The minimum atomic E-state index is 0.474. The van der Waals surface area contributed by atoms with E-state index in [-0.39, 0.29) is 0 Å². The second kappa shape index (κ2) is 8.96. The summed E-state index contributed by atoms with van der Waals surface area (Å²) in [4.78, 5) is 15.8. The Labute approximate surface area is 188 Å². The molecular formula is C25H28N6O. The number of ether oxygens (including phenoxy) is 1. The standard InChI is InChI=1S/C25H28N6O/c1-30-16-19(21-8-7-20(32-2)15-23(21)30)17-31-13-9-18(10-14-31)22-5-3-6-24(28-22)29-25-26-11-4-12-27-25/h3-8,11-12,15-16,18H,9-10,13-14,17H2,1-2H3,(H,26,27,28,29). The van der Waals surface area contributed by atoms with Crippen LogP contribution in [0.25, 0.3) is 10.9 Å². The van der Waals surface area contributed by atoms with Crippen LogP contribution in [0.4, 0.5) is 11.8 Å². The third-order valence-corrected chi connectivity index (χ3v) is 6.26. The van der Waals surface area contributed by atoms with Gasteiger partial charge in [0, 0.05) is 55.2 Å². The van der Waals surface area contributed by atoms with Gasteiger partial charge in [-0.1, -0.05) is 6.07 Å². The zero-order valence-electron chi connectivity index (χ0n) is 18.5. The number of fused-ring (bicyclic) bond motifs is 1. The molecule has 4 heterocycles. The molecule has 1 saturated heterocycles. The van der Waals surface area contributed by atoms with E-state index in [2.05, 4.69) is 62.3 Å². The van der Waals surface area contributed by atoms with Crippen LogP contribution in [0.15, 0.2) is 61.1 Å². The summed E-state index contributed by atoms with van der Waals surface area (Å²) in [6, 6.07) is 14.3. The first kappa shape index (κ1) is 20.5. The lowest BCUT2D eigenvalue weighted by Crippen LogP contribution is -2.32. The lowest BCUT2D eigenvalue weighted by molar-refractivity contribution is 0.204. The molecule has 1 aliphatic heterocycles. The van der Waals surface area contributed by atoms with E-state index in [1.54, 1.807) is 25.6 Å². The second-order valence-corrected chi connectivity index (χ2v) is 8.34. The number of nitrogens with zero attached hydrogens (tertiary/aromatic N) is 5. The van der Waals surface area contributed by atoms with Crippen molar-refractivity contribution in [3.8, 4) is 5.75 Å². The van der Waals surface area contributed by atoms with Crippen LogP contribution in [-0.2, 0) is 13.6 Å². The second-order valence-electron chi connectivity index (χ2n) is 8.34. The molecule has 164 valence electrons. The van der Waals surface area contributed by atoms with Gasteiger partial charge in [-0.2, -0.15) is 0 Å². The molecule has 1 aromatic carbocycles. The molecule has 4 aromatic rings. The fourth-order valence-electron chi connectivity index (χ4n) is 4.56. The van der Waals surface area contributed by atoms with Crippen LogP contribution in [0.1, 0.15) is 30.0 Å². The monoisotopic (exact) mass is 428 g/mol. The minimum absolute atomic E-state index is 0.474. The normalized spacial score (nSPS) is 15.2. The highest BCUT2D eigenvalue weighted by atomic mass is 16.5. The topological polar surface area (TPSA) is 68.1 Å². The minimum Gasteiger partial charge on any atom is -0.497 e. The fourth-order valence-corrected chi connectivity index (χ4v) is 4.56. The maximum atomic E-state index is 5.39. The van der Waals surface area contributed by atoms with E-state index in [0.29, 0.717) is 11.9 Å². The Morgan fingerprint density at radius 2 is 1.88 bits per heavy atom. The molecule has 0 atom stereocenters. The van der Waals surface area contributed by atoms with Gasteiger partial charge in [-0.3, -0.25) is 4.90 Å². The molecule has 0 spiro atoms. The first-order valence-electron chi connectivity index (χ1n) is 11.0. The predicted molar refractivity (Wildman–Crippen MR) is 126 cm³/mol. The number of likely N-dealkylation sites (tertiary alicyclic amines) is 1. The van der Waals surface area contributed by atoms with E-state index in [0.717, 1.165) is 49.7 Å². The highest BCUT2D eigenvalue weighted by Gasteiger charge is 2.23. The highest BCUT2D eigenvalue weighted by molar-refractivity contribution is 5.85. The van der Waals surface area contributed by atoms with Gasteiger partial charge in [0.2, 0.25) is 5.95 Å². The molecule has 1 fully saturated rings. The van der Waals surface area contributed by atoms with Gasteiger partial charge in [0.05, 0.1) is 12.6 Å². The summed E-state index contributed by atoms with van der Waals surface area (Å²) in [5, 5.41) is 4.50. The van der Waals surface area contributed by atoms with Crippen molar-refractivity contribution >= 4 is 22.7 Å². The molecule has 5 rings (SSSR count). The zero-order chi connectivity index (χ0) is 21.9. The van der Waals surface area contributed by atoms with Gasteiger partial charge in [-0.15, -0.1) is 0 Å². The number of hydrogen-bond acceptors (Lipinski definition) is 6. The molecule has 32 heavy (non-hydrogen) atoms. The summed E-state index contributed by atoms with van der Waals surface area (Å²) in [6.45, 7) is 3.10. The predicted octanol–water partition coefficient (Wildman–Crippen LogP) is 4.50. The molecule has 7 heteroatoms. The number of benzene rings is 1. The highest BCUT2D eigenvalue weighted by Crippen LogP contribution is 2.30. The maximum absolute atomic E-state index is 5.39. The number of piperidine rings is 1. The summed E-state index contributed by atoms with van der Waals surface area (Å²) in [5.41, 5.74) is 3.73. The molecule has 0 saturated carbocycles. The number of pyridine rings is 1. The Morgan fingerprint density at radius 1 is 1.06 bits per heavy atom.